The van der Waals surface area contributed by atoms with Gasteiger partial charge < -0.3 is 15.2 Å². The summed E-state index contributed by atoms with van der Waals surface area (Å²) < 4.78 is 6.06. The third-order valence-corrected chi connectivity index (χ3v) is 5.42. The zero-order valence-corrected chi connectivity index (χ0v) is 12.3. The van der Waals surface area contributed by atoms with Crippen LogP contribution in [0.25, 0.3) is 0 Å². The summed E-state index contributed by atoms with van der Waals surface area (Å²) in [5.74, 6) is -0.118. The van der Waals surface area contributed by atoms with E-state index in [4.69, 9.17) is 4.74 Å². The Morgan fingerprint density at radius 2 is 1.90 bits per heavy atom. The van der Waals surface area contributed by atoms with Gasteiger partial charge in [-0.2, -0.15) is 0 Å². The van der Waals surface area contributed by atoms with Crippen LogP contribution in [0, 0.1) is 5.92 Å². The van der Waals surface area contributed by atoms with Gasteiger partial charge in [-0.25, -0.2) is 0 Å². The van der Waals surface area contributed by atoms with E-state index in [-0.39, 0.29) is 23.5 Å². The molecule has 1 aliphatic heterocycles. The summed E-state index contributed by atoms with van der Waals surface area (Å²) in [5, 5.41) is 13.0. The van der Waals surface area contributed by atoms with Crippen LogP contribution >= 0.6 is 0 Å². The number of aliphatic hydroxyl groups excluding tert-OH is 1. The minimum Gasteiger partial charge on any atom is -0.392 e. The molecule has 1 amide bonds. The highest BCUT2D eigenvalue weighted by molar-refractivity contribution is 5.79. The molecule has 2 saturated carbocycles. The molecule has 1 heterocycles. The quantitative estimate of drug-likeness (QED) is 0.815. The van der Waals surface area contributed by atoms with Gasteiger partial charge >= 0.3 is 0 Å². The Labute approximate surface area is 121 Å². The number of aliphatic hydroxyl groups is 1. The predicted molar refractivity (Wildman–Crippen MR) is 76.3 cm³/mol. The molecule has 0 radical (unpaired) electrons. The minimum atomic E-state index is -0.432. The van der Waals surface area contributed by atoms with Crippen LogP contribution < -0.4 is 5.32 Å². The largest absolute Gasteiger partial charge is 0.392 e. The van der Waals surface area contributed by atoms with Crippen molar-refractivity contribution in [2.45, 2.75) is 82.0 Å². The molecule has 2 N–H and O–H groups in total. The van der Waals surface area contributed by atoms with Crippen LogP contribution in [0.15, 0.2) is 0 Å². The van der Waals surface area contributed by atoms with E-state index in [1.807, 2.05) is 0 Å². The topological polar surface area (TPSA) is 58.6 Å². The second-order valence-corrected chi connectivity index (χ2v) is 6.90. The Morgan fingerprint density at radius 1 is 1.10 bits per heavy atom. The van der Waals surface area contributed by atoms with Gasteiger partial charge in [-0.05, 0) is 44.9 Å². The number of amides is 1. The van der Waals surface area contributed by atoms with E-state index in [9.17, 15) is 9.90 Å². The maximum Gasteiger partial charge on any atom is 0.225 e. The molecule has 0 aromatic heterocycles. The molecule has 1 saturated heterocycles. The summed E-state index contributed by atoms with van der Waals surface area (Å²) in [6.07, 6.45) is 10.1. The standard InChI is InChI=1S/C16H27NO3/c18-14-6-4-5-13(14)15(19)17-12-7-10-20-16(11-12)8-2-1-3-9-16/h12-14,18H,1-11H2,(H,17,19). The van der Waals surface area contributed by atoms with E-state index in [1.54, 1.807) is 0 Å². The van der Waals surface area contributed by atoms with Gasteiger partial charge in [0.15, 0.2) is 0 Å². The van der Waals surface area contributed by atoms with Crippen LogP contribution in [0.2, 0.25) is 0 Å². The number of rotatable bonds is 2. The molecule has 20 heavy (non-hydrogen) atoms. The average molecular weight is 281 g/mol. The Balaban J connectivity index is 1.55. The van der Waals surface area contributed by atoms with Gasteiger partial charge in [0.05, 0.1) is 17.6 Å². The highest BCUT2D eigenvalue weighted by Gasteiger charge is 2.40. The van der Waals surface area contributed by atoms with Crippen LogP contribution in [0.1, 0.15) is 64.2 Å². The number of hydrogen-bond acceptors (Lipinski definition) is 3. The number of ether oxygens (including phenoxy) is 1. The van der Waals surface area contributed by atoms with Crippen LogP contribution in [-0.4, -0.2) is 35.4 Å². The zero-order valence-electron chi connectivity index (χ0n) is 12.3. The summed E-state index contributed by atoms with van der Waals surface area (Å²) in [7, 11) is 0. The van der Waals surface area contributed by atoms with E-state index in [0.29, 0.717) is 0 Å². The van der Waals surface area contributed by atoms with Crippen LogP contribution in [0.3, 0.4) is 0 Å². The fourth-order valence-corrected chi connectivity index (χ4v) is 4.25. The lowest BCUT2D eigenvalue weighted by Gasteiger charge is -2.43. The third-order valence-electron chi connectivity index (χ3n) is 5.42. The van der Waals surface area contributed by atoms with E-state index in [0.717, 1.165) is 51.6 Å². The molecule has 3 unspecified atom stereocenters. The van der Waals surface area contributed by atoms with Crippen molar-refractivity contribution in [3.63, 3.8) is 0 Å². The molecule has 0 bridgehead atoms. The molecule has 3 atom stereocenters. The second kappa shape index (κ2) is 6.02. The van der Waals surface area contributed by atoms with Gasteiger partial charge in [-0.3, -0.25) is 4.79 Å². The van der Waals surface area contributed by atoms with Crippen LogP contribution in [-0.2, 0) is 9.53 Å². The third kappa shape index (κ3) is 3.01. The molecule has 3 fully saturated rings. The van der Waals surface area contributed by atoms with Crippen LogP contribution in [0.5, 0.6) is 0 Å². The van der Waals surface area contributed by atoms with E-state index in [2.05, 4.69) is 5.32 Å². The number of nitrogens with one attached hydrogen (secondary N) is 1. The highest BCUT2D eigenvalue weighted by Crippen LogP contribution is 2.38. The van der Waals surface area contributed by atoms with Crippen molar-refractivity contribution in [1.29, 1.82) is 0 Å². The van der Waals surface area contributed by atoms with Crippen molar-refractivity contribution in [1.82, 2.24) is 5.32 Å². The normalized spacial score (nSPS) is 37.0. The zero-order chi connectivity index (χ0) is 14.0. The minimum absolute atomic E-state index is 0.0305. The fourth-order valence-electron chi connectivity index (χ4n) is 4.25. The van der Waals surface area contributed by atoms with Gasteiger partial charge in [0.1, 0.15) is 0 Å². The number of hydrogen-bond donors (Lipinski definition) is 2. The molecule has 1 spiro atoms. The first-order valence-corrected chi connectivity index (χ1v) is 8.31. The Morgan fingerprint density at radius 3 is 2.60 bits per heavy atom. The average Bonchev–Trinajstić information content (AvgIpc) is 2.86. The molecule has 0 aromatic rings. The summed E-state index contributed by atoms with van der Waals surface area (Å²) >= 11 is 0. The summed E-state index contributed by atoms with van der Waals surface area (Å²) in [5.41, 5.74) is 0.0305. The highest BCUT2D eigenvalue weighted by atomic mass is 16.5. The predicted octanol–water partition coefficient (Wildman–Crippen LogP) is 2.15. The smallest absolute Gasteiger partial charge is 0.225 e. The lowest BCUT2D eigenvalue weighted by molar-refractivity contribution is -0.133. The van der Waals surface area contributed by atoms with E-state index < -0.39 is 6.10 Å². The molecule has 4 nitrogen and oxygen atoms in total. The first-order chi connectivity index (χ1) is 9.69. The molecule has 3 rings (SSSR count). The molecular weight excluding hydrogens is 254 g/mol. The van der Waals surface area contributed by atoms with Gasteiger partial charge in [0.25, 0.3) is 0 Å². The number of carbonyl (C=O) groups excluding carboxylic acids is 1. The fraction of sp³-hybridized carbons (Fsp3) is 0.938. The number of carbonyl (C=O) groups is 1. The van der Waals surface area contributed by atoms with Crippen molar-refractivity contribution in [2.75, 3.05) is 6.61 Å². The maximum absolute atomic E-state index is 12.3. The lowest BCUT2D eigenvalue weighted by atomic mass is 9.78. The van der Waals surface area contributed by atoms with Crippen LogP contribution in [0.4, 0.5) is 0 Å². The first-order valence-electron chi connectivity index (χ1n) is 8.31. The SMILES string of the molecule is O=C(NC1CCOC2(CCCCC2)C1)C1CCCC1O. The van der Waals surface area contributed by atoms with Gasteiger partial charge in [-0.1, -0.05) is 19.3 Å². The summed E-state index contributed by atoms with van der Waals surface area (Å²) in [6, 6.07) is 0.238. The Bertz CT molecular complexity index is 346. The molecule has 114 valence electrons. The Kier molecular flexibility index (Phi) is 4.32. The summed E-state index contributed by atoms with van der Waals surface area (Å²) in [6.45, 7) is 0.762. The monoisotopic (exact) mass is 281 g/mol. The second-order valence-electron chi connectivity index (χ2n) is 6.90. The maximum atomic E-state index is 12.3. The van der Waals surface area contributed by atoms with Crippen molar-refractivity contribution in [2.24, 2.45) is 5.92 Å². The van der Waals surface area contributed by atoms with Crippen molar-refractivity contribution >= 4 is 5.91 Å². The molecule has 4 heteroatoms. The van der Waals surface area contributed by atoms with Gasteiger partial charge in [0, 0.05) is 12.6 Å². The molecular formula is C16H27NO3. The molecule has 0 aromatic carbocycles. The van der Waals surface area contributed by atoms with Crippen molar-refractivity contribution in [3.05, 3.63) is 0 Å². The summed E-state index contributed by atoms with van der Waals surface area (Å²) in [4.78, 5) is 12.3. The Hall–Kier alpha value is -0.610. The van der Waals surface area contributed by atoms with Gasteiger partial charge in [-0.15, -0.1) is 0 Å². The lowest BCUT2D eigenvalue weighted by Crippen LogP contribution is -2.51. The molecule has 2 aliphatic carbocycles. The molecule has 3 aliphatic rings. The van der Waals surface area contributed by atoms with Crippen molar-refractivity contribution < 1.29 is 14.6 Å². The van der Waals surface area contributed by atoms with E-state index >= 15 is 0 Å². The van der Waals surface area contributed by atoms with E-state index in [1.165, 1.54) is 19.3 Å². The van der Waals surface area contributed by atoms with Gasteiger partial charge in [0.2, 0.25) is 5.91 Å². The first kappa shape index (κ1) is 14.3. The van der Waals surface area contributed by atoms with Crippen molar-refractivity contribution in [3.8, 4) is 0 Å².